The number of benzene rings is 2. The molecule has 0 aliphatic heterocycles. The minimum absolute atomic E-state index is 0.00645. The van der Waals surface area contributed by atoms with Crippen LogP contribution in [-0.4, -0.2) is 37.0 Å². The van der Waals surface area contributed by atoms with Gasteiger partial charge in [-0.3, -0.25) is 4.79 Å². The van der Waals surface area contributed by atoms with Gasteiger partial charge in [-0.05, 0) is 48.4 Å². The van der Waals surface area contributed by atoms with Gasteiger partial charge in [0.15, 0.2) is 0 Å². The highest BCUT2D eigenvalue weighted by atomic mass is 35.5. The maximum absolute atomic E-state index is 13.1. The quantitative estimate of drug-likeness (QED) is 0.737. The van der Waals surface area contributed by atoms with Crippen LogP contribution < -0.4 is 4.74 Å². The number of nitrogens with zero attached hydrogens (tertiary/aromatic N) is 1. The number of methoxy groups -OCH3 is 1. The first-order valence-corrected chi connectivity index (χ1v) is 9.74. The summed E-state index contributed by atoms with van der Waals surface area (Å²) in [6.07, 6.45) is 0.137. The lowest BCUT2D eigenvalue weighted by atomic mass is 10.2. The highest BCUT2D eigenvalue weighted by molar-refractivity contribution is 7.89. The zero-order chi connectivity index (χ0) is 19.3. The molecule has 0 aliphatic rings. The fourth-order valence-corrected chi connectivity index (χ4v) is 4.29. The zero-order valence-electron chi connectivity index (χ0n) is 14.4. The van der Waals surface area contributed by atoms with Crippen LogP contribution in [0.3, 0.4) is 0 Å². The maximum atomic E-state index is 13.1. The van der Waals surface area contributed by atoms with Crippen LogP contribution in [-0.2, 0) is 21.4 Å². The molecule has 0 radical (unpaired) electrons. The van der Waals surface area contributed by atoms with Gasteiger partial charge in [0.05, 0.1) is 12.0 Å². The normalized spacial score (nSPS) is 12.8. The first kappa shape index (κ1) is 20.2. The smallest absolute Gasteiger partial charge is 0.322 e. The summed E-state index contributed by atoms with van der Waals surface area (Å²) in [4.78, 5) is 11.7. The number of hydrogen-bond donors (Lipinski definition) is 1. The number of rotatable bonds is 8. The molecule has 0 aliphatic carbocycles. The number of sulfonamides is 1. The third-order valence-corrected chi connectivity index (χ3v) is 6.06. The van der Waals surface area contributed by atoms with Crippen LogP contribution in [0.1, 0.15) is 18.9 Å². The Morgan fingerprint density at radius 2 is 1.73 bits per heavy atom. The molecule has 2 aromatic rings. The van der Waals surface area contributed by atoms with E-state index < -0.39 is 22.0 Å². The van der Waals surface area contributed by atoms with Gasteiger partial charge in [0, 0.05) is 11.6 Å². The Labute approximate surface area is 158 Å². The minimum Gasteiger partial charge on any atom is -0.497 e. The van der Waals surface area contributed by atoms with Crippen LogP contribution in [0.25, 0.3) is 0 Å². The average Bonchev–Trinajstić information content (AvgIpc) is 2.63. The van der Waals surface area contributed by atoms with Gasteiger partial charge >= 0.3 is 5.97 Å². The molecule has 2 aromatic carbocycles. The topological polar surface area (TPSA) is 83.9 Å². The third kappa shape index (κ3) is 4.55. The van der Waals surface area contributed by atoms with Crippen molar-refractivity contribution in [1.29, 1.82) is 0 Å². The zero-order valence-corrected chi connectivity index (χ0v) is 16.0. The SMILES string of the molecule is CCC(C(=O)O)N(Cc1ccc(Cl)cc1)S(=O)(=O)c1ccc(OC)cc1. The third-order valence-electron chi connectivity index (χ3n) is 3.94. The predicted octanol–water partition coefficient (Wildman–Crippen LogP) is 3.40. The van der Waals surface area contributed by atoms with E-state index >= 15 is 0 Å². The van der Waals surface area contributed by atoms with Crippen molar-refractivity contribution >= 4 is 27.6 Å². The van der Waals surface area contributed by atoms with E-state index in [1.54, 1.807) is 31.2 Å². The Hall–Kier alpha value is -2.09. The summed E-state index contributed by atoms with van der Waals surface area (Å²) in [6.45, 7) is 1.56. The number of carboxylic acids is 1. The lowest BCUT2D eigenvalue weighted by molar-refractivity contribution is -0.141. The molecule has 1 unspecified atom stereocenters. The van der Waals surface area contributed by atoms with Gasteiger partial charge in [0.2, 0.25) is 10.0 Å². The Morgan fingerprint density at radius 3 is 2.19 bits per heavy atom. The molecule has 6 nitrogen and oxygen atoms in total. The van der Waals surface area contributed by atoms with Crippen LogP contribution in [0.4, 0.5) is 0 Å². The van der Waals surface area contributed by atoms with Crippen molar-refractivity contribution in [3.63, 3.8) is 0 Å². The molecule has 0 fully saturated rings. The largest absolute Gasteiger partial charge is 0.497 e. The van der Waals surface area contributed by atoms with Crippen molar-refractivity contribution in [3.05, 3.63) is 59.1 Å². The highest BCUT2D eigenvalue weighted by Crippen LogP contribution is 2.25. The molecule has 0 heterocycles. The number of carbonyl (C=O) groups is 1. The second-order valence-corrected chi connectivity index (χ2v) is 7.94. The first-order valence-electron chi connectivity index (χ1n) is 7.92. The summed E-state index contributed by atoms with van der Waals surface area (Å²) in [5.41, 5.74) is 0.645. The summed E-state index contributed by atoms with van der Waals surface area (Å²) in [5, 5.41) is 10.0. The summed E-state index contributed by atoms with van der Waals surface area (Å²) >= 11 is 5.87. The lowest BCUT2D eigenvalue weighted by Crippen LogP contribution is -2.44. The summed E-state index contributed by atoms with van der Waals surface area (Å²) in [6, 6.07) is 11.3. The standard InChI is InChI=1S/C18H20ClNO5S/c1-3-17(18(21)22)20(12-13-4-6-14(19)7-5-13)26(23,24)16-10-8-15(25-2)9-11-16/h4-11,17H,3,12H2,1-2H3,(H,21,22). The van der Waals surface area contributed by atoms with E-state index in [4.69, 9.17) is 16.3 Å². The molecule has 8 heteroatoms. The molecule has 1 N–H and O–H groups in total. The van der Waals surface area contributed by atoms with E-state index in [-0.39, 0.29) is 17.9 Å². The molecular formula is C18H20ClNO5S. The Morgan fingerprint density at radius 1 is 1.15 bits per heavy atom. The van der Waals surface area contributed by atoms with Crippen molar-refractivity contribution in [2.24, 2.45) is 0 Å². The van der Waals surface area contributed by atoms with Gasteiger partial charge in [0.25, 0.3) is 0 Å². The molecule has 0 saturated heterocycles. The second kappa shape index (κ2) is 8.53. The maximum Gasteiger partial charge on any atom is 0.322 e. The van der Waals surface area contributed by atoms with Gasteiger partial charge in [-0.25, -0.2) is 8.42 Å². The molecule has 1 atom stereocenters. The summed E-state index contributed by atoms with van der Waals surface area (Å²) < 4.78 is 32.2. The van der Waals surface area contributed by atoms with E-state index in [2.05, 4.69) is 0 Å². The van der Waals surface area contributed by atoms with Crippen LogP contribution in [0.5, 0.6) is 5.75 Å². The van der Waals surface area contributed by atoms with Crippen molar-refractivity contribution < 1.29 is 23.1 Å². The molecule has 0 spiro atoms. The molecule has 0 aromatic heterocycles. The fraction of sp³-hybridized carbons (Fsp3) is 0.278. The van der Waals surface area contributed by atoms with Gasteiger partial charge in [0.1, 0.15) is 11.8 Å². The van der Waals surface area contributed by atoms with E-state index in [9.17, 15) is 18.3 Å². The molecular weight excluding hydrogens is 378 g/mol. The van der Waals surface area contributed by atoms with Crippen molar-refractivity contribution in [1.82, 2.24) is 4.31 Å². The number of ether oxygens (including phenoxy) is 1. The van der Waals surface area contributed by atoms with Crippen molar-refractivity contribution in [2.75, 3.05) is 7.11 Å². The Balaban J connectivity index is 2.46. The van der Waals surface area contributed by atoms with Gasteiger partial charge in [-0.2, -0.15) is 4.31 Å². The highest BCUT2D eigenvalue weighted by Gasteiger charge is 2.35. The summed E-state index contributed by atoms with van der Waals surface area (Å²) in [5.74, 6) is -0.683. The lowest BCUT2D eigenvalue weighted by Gasteiger charge is -2.27. The predicted molar refractivity (Wildman–Crippen MR) is 98.9 cm³/mol. The van der Waals surface area contributed by atoms with Crippen LogP contribution in [0.2, 0.25) is 5.02 Å². The fourth-order valence-electron chi connectivity index (χ4n) is 2.52. The van der Waals surface area contributed by atoms with Crippen molar-refractivity contribution in [2.45, 2.75) is 30.8 Å². The van der Waals surface area contributed by atoms with Crippen LogP contribution >= 0.6 is 11.6 Å². The first-order chi connectivity index (χ1) is 12.3. The van der Waals surface area contributed by atoms with E-state index in [0.29, 0.717) is 16.3 Å². The van der Waals surface area contributed by atoms with Gasteiger partial charge < -0.3 is 9.84 Å². The molecule has 0 amide bonds. The van der Waals surface area contributed by atoms with E-state index in [1.807, 2.05) is 0 Å². The minimum atomic E-state index is -4.03. The number of aliphatic carboxylic acids is 1. The van der Waals surface area contributed by atoms with Crippen LogP contribution in [0.15, 0.2) is 53.4 Å². The number of carboxylic acid groups (broad SMARTS) is 1. The molecule has 0 saturated carbocycles. The van der Waals surface area contributed by atoms with Gasteiger partial charge in [-0.15, -0.1) is 0 Å². The molecule has 26 heavy (non-hydrogen) atoms. The van der Waals surface area contributed by atoms with Crippen LogP contribution in [0, 0.1) is 0 Å². The van der Waals surface area contributed by atoms with Gasteiger partial charge in [-0.1, -0.05) is 30.7 Å². The second-order valence-electron chi connectivity index (χ2n) is 5.61. The van der Waals surface area contributed by atoms with Crippen molar-refractivity contribution in [3.8, 4) is 5.75 Å². The molecule has 140 valence electrons. The molecule has 2 rings (SSSR count). The monoisotopic (exact) mass is 397 g/mol. The number of hydrogen-bond acceptors (Lipinski definition) is 4. The van der Waals surface area contributed by atoms with E-state index in [1.165, 1.54) is 31.4 Å². The Kier molecular flexibility index (Phi) is 6.63. The summed E-state index contributed by atoms with van der Waals surface area (Å²) in [7, 11) is -2.55. The number of halogens is 1. The Bertz CT molecular complexity index is 850. The van der Waals surface area contributed by atoms with E-state index in [0.717, 1.165) is 4.31 Å². The average molecular weight is 398 g/mol. The molecule has 0 bridgehead atoms.